The minimum absolute atomic E-state index is 0.661. The second-order valence-corrected chi connectivity index (χ2v) is 5.66. The highest BCUT2D eigenvalue weighted by atomic mass is 15.2. The first kappa shape index (κ1) is 10.4. The van der Waals surface area contributed by atoms with Gasteiger partial charge in [0.1, 0.15) is 0 Å². The molecule has 1 spiro atoms. The Balaban J connectivity index is 1.94. The minimum atomic E-state index is 0.661. The van der Waals surface area contributed by atoms with E-state index < -0.39 is 0 Å². The molecule has 1 heterocycles. The van der Waals surface area contributed by atoms with Crippen LogP contribution in [-0.4, -0.2) is 30.6 Å². The van der Waals surface area contributed by atoms with Gasteiger partial charge in [-0.05, 0) is 64.0 Å². The lowest BCUT2D eigenvalue weighted by molar-refractivity contribution is 0.221. The molecule has 1 saturated carbocycles. The molecule has 0 unspecified atom stereocenters. The van der Waals surface area contributed by atoms with Gasteiger partial charge in [-0.1, -0.05) is 0 Å². The van der Waals surface area contributed by atoms with Gasteiger partial charge in [0, 0.05) is 12.6 Å². The lowest BCUT2D eigenvalue weighted by atomic mass is 9.84. The predicted molar refractivity (Wildman–Crippen MR) is 60.2 cm³/mol. The Kier molecular flexibility index (Phi) is 2.85. The van der Waals surface area contributed by atoms with Crippen LogP contribution in [0.15, 0.2) is 0 Å². The molecule has 0 aromatic heterocycles. The first-order valence-electron chi connectivity index (χ1n) is 6.09. The summed E-state index contributed by atoms with van der Waals surface area (Å²) < 4.78 is 0. The van der Waals surface area contributed by atoms with E-state index in [4.69, 9.17) is 5.73 Å². The maximum atomic E-state index is 5.77. The van der Waals surface area contributed by atoms with Crippen molar-refractivity contribution in [3.05, 3.63) is 0 Å². The van der Waals surface area contributed by atoms with E-state index in [1.165, 1.54) is 38.8 Å². The molecule has 0 bridgehead atoms. The SMILES string of the molecule is CC(C)N1CC[C@]2(CC[C@H](CN)C2)C1. The zero-order valence-electron chi connectivity index (χ0n) is 9.63. The largest absolute Gasteiger partial charge is 0.330 e. The Morgan fingerprint density at radius 3 is 2.71 bits per heavy atom. The van der Waals surface area contributed by atoms with Crippen molar-refractivity contribution in [2.75, 3.05) is 19.6 Å². The Hall–Kier alpha value is -0.0800. The van der Waals surface area contributed by atoms with Crippen molar-refractivity contribution < 1.29 is 0 Å². The molecule has 1 aliphatic heterocycles. The number of hydrogen-bond donors (Lipinski definition) is 1. The van der Waals surface area contributed by atoms with Crippen molar-refractivity contribution in [1.29, 1.82) is 0 Å². The van der Waals surface area contributed by atoms with E-state index in [-0.39, 0.29) is 0 Å². The van der Waals surface area contributed by atoms with Crippen molar-refractivity contribution in [2.24, 2.45) is 17.1 Å². The van der Waals surface area contributed by atoms with Crippen LogP contribution in [-0.2, 0) is 0 Å². The fourth-order valence-electron chi connectivity index (χ4n) is 3.31. The fourth-order valence-corrected chi connectivity index (χ4v) is 3.31. The maximum absolute atomic E-state index is 5.77. The van der Waals surface area contributed by atoms with Crippen LogP contribution in [0.3, 0.4) is 0 Å². The number of hydrogen-bond acceptors (Lipinski definition) is 2. The van der Waals surface area contributed by atoms with Gasteiger partial charge in [-0.25, -0.2) is 0 Å². The van der Waals surface area contributed by atoms with Gasteiger partial charge in [0.2, 0.25) is 0 Å². The second-order valence-electron chi connectivity index (χ2n) is 5.66. The second kappa shape index (κ2) is 3.82. The van der Waals surface area contributed by atoms with Crippen LogP contribution < -0.4 is 5.73 Å². The summed E-state index contributed by atoms with van der Waals surface area (Å²) in [6.45, 7) is 8.18. The molecule has 0 amide bonds. The van der Waals surface area contributed by atoms with Crippen LogP contribution in [0, 0.1) is 11.3 Å². The summed E-state index contributed by atoms with van der Waals surface area (Å²) in [6.07, 6.45) is 5.62. The molecular formula is C12H24N2. The van der Waals surface area contributed by atoms with Gasteiger partial charge in [0.05, 0.1) is 0 Å². The molecule has 0 radical (unpaired) electrons. The lowest BCUT2D eigenvalue weighted by Gasteiger charge is -2.26. The van der Waals surface area contributed by atoms with Crippen LogP contribution in [0.1, 0.15) is 39.5 Å². The quantitative estimate of drug-likeness (QED) is 0.730. The zero-order valence-corrected chi connectivity index (χ0v) is 9.63. The van der Waals surface area contributed by atoms with Crippen LogP contribution in [0.25, 0.3) is 0 Å². The van der Waals surface area contributed by atoms with E-state index in [2.05, 4.69) is 18.7 Å². The summed E-state index contributed by atoms with van der Waals surface area (Å²) in [6, 6.07) is 0.728. The number of nitrogens with two attached hydrogens (primary N) is 1. The van der Waals surface area contributed by atoms with Crippen LogP contribution >= 0.6 is 0 Å². The van der Waals surface area contributed by atoms with Crippen molar-refractivity contribution in [1.82, 2.24) is 4.90 Å². The van der Waals surface area contributed by atoms with Gasteiger partial charge >= 0.3 is 0 Å². The Morgan fingerprint density at radius 1 is 1.43 bits per heavy atom. The molecular weight excluding hydrogens is 172 g/mol. The molecule has 1 aliphatic carbocycles. The molecule has 82 valence electrons. The van der Waals surface area contributed by atoms with Crippen molar-refractivity contribution in [3.63, 3.8) is 0 Å². The Morgan fingerprint density at radius 2 is 2.21 bits per heavy atom. The van der Waals surface area contributed by atoms with E-state index >= 15 is 0 Å². The van der Waals surface area contributed by atoms with Gasteiger partial charge in [-0.3, -0.25) is 0 Å². The third kappa shape index (κ3) is 1.82. The van der Waals surface area contributed by atoms with E-state index in [0.29, 0.717) is 5.41 Å². The zero-order chi connectivity index (χ0) is 10.2. The topological polar surface area (TPSA) is 29.3 Å². The summed E-state index contributed by atoms with van der Waals surface area (Å²) in [5, 5.41) is 0. The van der Waals surface area contributed by atoms with E-state index in [1.807, 2.05) is 0 Å². The molecule has 0 aromatic rings. The van der Waals surface area contributed by atoms with Gasteiger partial charge in [-0.2, -0.15) is 0 Å². The van der Waals surface area contributed by atoms with Gasteiger partial charge in [0.15, 0.2) is 0 Å². The Bertz CT molecular complexity index is 202. The summed E-state index contributed by atoms with van der Waals surface area (Å²) in [5.41, 5.74) is 6.43. The van der Waals surface area contributed by atoms with Crippen LogP contribution in [0.4, 0.5) is 0 Å². The molecule has 2 aliphatic rings. The molecule has 1 saturated heterocycles. The molecule has 2 fully saturated rings. The predicted octanol–water partition coefficient (Wildman–Crippen LogP) is 1.85. The summed E-state index contributed by atoms with van der Waals surface area (Å²) in [7, 11) is 0. The molecule has 0 aromatic carbocycles. The maximum Gasteiger partial charge on any atom is 0.00413 e. The molecule has 2 heteroatoms. The lowest BCUT2D eigenvalue weighted by Crippen LogP contribution is -2.31. The normalized spacial score (nSPS) is 39.0. The van der Waals surface area contributed by atoms with Gasteiger partial charge in [-0.15, -0.1) is 0 Å². The van der Waals surface area contributed by atoms with Crippen LogP contribution in [0.5, 0.6) is 0 Å². The van der Waals surface area contributed by atoms with E-state index in [1.54, 1.807) is 0 Å². The molecule has 14 heavy (non-hydrogen) atoms. The smallest absolute Gasteiger partial charge is 0.00413 e. The van der Waals surface area contributed by atoms with Gasteiger partial charge < -0.3 is 10.6 Å². The highest BCUT2D eigenvalue weighted by molar-refractivity contribution is 4.96. The Labute approximate surface area is 87.8 Å². The fraction of sp³-hybridized carbons (Fsp3) is 1.00. The standard InChI is InChI=1S/C12H24N2/c1-10(2)14-6-5-12(9-14)4-3-11(7-12)8-13/h10-11H,3-9,13H2,1-2H3/t11-,12-/m0/s1. The summed E-state index contributed by atoms with van der Waals surface area (Å²) >= 11 is 0. The molecule has 2 rings (SSSR count). The molecule has 2 atom stereocenters. The van der Waals surface area contributed by atoms with Gasteiger partial charge in [0.25, 0.3) is 0 Å². The number of rotatable bonds is 2. The van der Waals surface area contributed by atoms with E-state index in [0.717, 1.165) is 18.5 Å². The average Bonchev–Trinajstić information content (AvgIpc) is 2.74. The first-order chi connectivity index (χ1) is 6.65. The molecule has 2 nitrogen and oxygen atoms in total. The van der Waals surface area contributed by atoms with E-state index in [9.17, 15) is 0 Å². The highest BCUT2D eigenvalue weighted by Gasteiger charge is 2.43. The first-order valence-corrected chi connectivity index (χ1v) is 6.09. The number of likely N-dealkylation sites (tertiary alicyclic amines) is 1. The summed E-state index contributed by atoms with van der Waals surface area (Å²) in [4.78, 5) is 2.64. The molecule has 2 N–H and O–H groups in total. The number of nitrogens with zero attached hydrogens (tertiary/aromatic N) is 1. The monoisotopic (exact) mass is 196 g/mol. The third-order valence-corrected chi connectivity index (χ3v) is 4.34. The van der Waals surface area contributed by atoms with Crippen molar-refractivity contribution >= 4 is 0 Å². The minimum Gasteiger partial charge on any atom is -0.330 e. The highest BCUT2D eigenvalue weighted by Crippen LogP contribution is 2.48. The average molecular weight is 196 g/mol. The third-order valence-electron chi connectivity index (χ3n) is 4.34. The summed E-state index contributed by atoms with van der Waals surface area (Å²) in [5.74, 6) is 0.821. The van der Waals surface area contributed by atoms with Crippen LogP contribution in [0.2, 0.25) is 0 Å². The van der Waals surface area contributed by atoms with Crippen molar-refractivity contribution in [3.8, 4) is 0 Å². The van der Waals surface area contributed by atoms with Crippen molar-refractivity contribution in [2.45, 2.75) is 45.6 Å².